The van der Waals surface area contributed by atoms with Crippen molar-refractivity contribution >= 4 is 29.0 Å². The van der Waals surface area contributed by atoms with Crippen LogP contribution in [0.2, 0.25) is 0 Å². The Morgan fingerprint density at radius 3 is 2.36 bits per heavy atom. The zero-order valence-electron chi connectivity index (χ0n) is 14.3. The lowest BCUT2D eigenvalue weighted by Crippen LogP contribution is -2.51. The molecule has 2 aromatic carbocycles. The summed E-state index contributed by atoms with van der Waals surface area (Å²) < 4.78 is 0. The SMILES string of the molecule is O=C1CSCc2ccccc2N1CN1CCN(c2ccccc2)CC1. The summed E-state index contributed by atoms with van der Waals surface area (Å²) in [5, 5.41) is 0. The van der Waals surface area contributed by atoms with E-state index in [0.29, 0.717) is 12.4 Å². The van der Waals surface area contributed by atoms with Gasteiger partial charge in [-0.05, 0) is 23.8 Å². The predicted octanol–water partition coefficient (Wildman–Crippen LogP) is 3.05. The van der Waals surface area contributed by atoms with Crippen LogP contribution in [0, 0.1) is 0 Å². The van der Waals surface area contributed by atoms with Crippen molar-refractivity contribution in [2.45, 2.75) is 5.75 Å². The maximum absolute atomic E-state index is 12.6. The summed E-state index contributed by atoms with van der Waals surface area (Å²) >= 11 is 1.71. The van der Waals surface area contributed by atoms with Gasteiger partial charge in [-0.3, -0.25) is 14.6 Å². The molecule has 0 atom stereocenters. The first-order valence-electron chi connectivity index (χ1n) is 8.79. The summed E-state index contributed by atoms with van der Waals surface area (Å²) in [5.74, 6) is 1.71. The quantitative estimate of drug-likeness (QED) is 0.847. The van der Waals surface area contributed by atoms with E-state index < -0.39 is 0 Å². The fourth-order valence-electron chi connectivity index (χ4n) is 3.50. The molecule has 130 valence electrons. The van der Waals surface area contributed by atoms with E-state index in [2.05, 4.69) is 58.3 Å². The number of carbonyl (C=O) groups is 1. The summed E-state index contributed by atoms with van der Waals surface area (Å²) in [7, 11) is 0. The van der Waals surface area contributed by atoms with Gasteiger partial charge in [0.1, 0.15) is 0 Å². The molecule has 0 radical (unpaired) electrons. The average molecular weight is 353 g/mol. The molecule has 0 unspecified atom stereocenters. The molecule has 2 aliphatic heterocycles. The van der Waals surface area contributed by atoms with Crippen molar-refractivity contribution in [3.05, 3.63) is 60.2 Å². The van der Waals surface area contributed by atoms with Crippen LogP contribution in [-0.4, -0.2) is 49.4 Å². The standard InChI is InChI=1S/C20H23N3OS/c24-20-15-25-14-17-6-4-5-9-19(17)23(20)16-21-10-12-22(13-11-21)18-7-2-1-3-8-18/h1-9H,10-16H2. The molecule has 0 aliphatic carbocycles. The zero-order chi connectivity index (χ0) is 17.1. The number of carbonyl (C=O) groups excluding carboxylic acids is 1. The zero-order valence-corrected chi connectivity index (χ0v) is 15.1. The van der Waals surface area contributed by atoms with Crippen molar-refractivity contribution in [3.63, 3.8) is 0 Å². The first kappa shape index (κ1) is 16.5. The third kappa shape index (κ3) is 3.67. The Balaban J connectivity index is 1.43. The Morgan fingerprint density at radius 2 is 1.56 bits per heavy atom. The molecule has 25 heavy (non-hydrogen) atoms. The van der Waals surface area contributed by atoms with Crippen LogP contribution in [0.1, 0.15) is 5.56 Å². The number of amides is 1. The van der Waals surface area contributed by atoms with E-state index in [9.17, 15) is 4.79 Å². The Labute approximate surface area is 153 Å². The van der Waals surface area contributed by atoms with E-state index in [0.717, 1.165) is 37.6 Å². The third-order valence-corrected chi connectivity index (χ3v) is 5.87. The number of anilines is 2. The van der Waals surface area contributed by atoms with E-state index >= 15 is 0 Å². The molecule has 1 saturated heterocycles. The second-order valence-electron chi connectivity index (χ2n) is 6.53. The lowest BCUT2D eigenvalue weighted by atomic mass is 10.2. The monoisotopic (exact) mass is 353 g/mol. The molecule has 0 bridgehead atoms. The predicted molar refractivity (Wildman–Crippen MR) is 105 cm³/mol. The molecule has 0 saturated carbocycles. The second kappa shape index (κ2) is 7.50. The highest BCUT2D eigenvalue weighted by molar-refractivity contribution is 7.99. The van der Waals surface area contributed by atoms with E-state index in [4.69, 9.17) is 0 Å². The number of fused-ring (bicyclic) bond motifs is 1. The minimum atomic E-state index is 0.223. The second-order valence-corrected chi connectivity index (χ2v) is 7.51. The maximum Gasteiger partial charge on any atom is 0.238 e. The first-order chi connectivity index (χ1) is 12.3. The summed E-state index contributed by atoms with van der Waals surface area (Å²) in [6.07, 6.45) is 0. The topological polar surface area (TPSA) is 26.8 Å². The summed E-state index contributed by atoms with van der Waals surface area (Å²) in [4.78, 5) is 19.4. The molecule has 2 aliphatic rings. The molecule has 5 heteroatoms. The fourth-order valence-corrected chi connectivity index (χ4v) is 4.39. The van der Waals surface area contributed by atoms with Crippen LogP contribution < -0.4 is 9.80 Å². The molecule has 4 rings (SSSR count). The number of hydrogen-bond acceptors (Lipinski definition) is 4. The van der Waals surface area contributed by atoms with Crippen molar-refractivity contribution in [2.75, 3.05) is 48.4 Å². The molecule has 2 aromatic rings. The van der Waals surface area contributed by atoms with Crippen molar-refractivity contribution in [1.82, 2.24) is 4.90 Å². The minimum Gasteiger partial charge on any atom is -0.369 e. The van der Waals surface area contributed by atoms with Crippen LogP contribution in [0.15, 0.2) is 54.6 Å². The summed E-state index contributed by atoms with van der Waals surface area (Å²) in [6, 6.07) is 18.9. The number of rotatable bonds is 3. The fraction of sp³-hybridized carbons (Fsp3) is 0.350. The summed E-state index contributed by atoms with van der Waals surface area (Å²) in [5.41, 5.74) is 3.64. The van der Waals surface area contributed by atoms with Crippen molar-refractivity contribution in [3.8, 4) is 0 Å². The van der Waals surface area contributed by atoms with Crippen LogP contribution in [0.4, 0.5) is 11.4 Å². The van der Waals surface area contributed by atoms with Gasteiger partial charge in [-0.1, -0.05) is 36.4 Å². The molecule has 4 nitrogen and oxygen atoms in total. The molecular weight excluding hydrogens is 330 g/mol. The van der Waals surface area contributed by atoms with Crippen molar-refractivity contribution in [1.29, 1.82) is 0 Å². The minimum absolute atomic E-state index is 0.223. The van der Waals surface area contributed by atoms with Gasteiger partial charge in [0, 0.05) is 43.3 Å². The Kier molecular flexibility index (Phi) is 4.95. The molecule has 0 spiro atoms. The van der Waals surface area contributed by atoms with E-state index in [-0.39, 0.29) is 5.91 Å². The Hall–Kier alpha value is -1.98. The number of benzene rings is 2. The largest absolute Gasteiger partial charge is 0.369 e. The van der Waals surface area contributed by atoms with Gasteiger partial charge < -0.3 is 4.90 Å². The highest BCUT2D eigenvalue weighted by Gasteiger charge is 2.26. The lowest BCUT2D eigenvalue weighted by Gasteiger charge is -2.38. The van der Waals surface area contributed by atoms with E-state index in [1.807, 2.05) is 11.0 Å². The maximum atomic E-state index is 12.6. The van der Waals surface area contributed by atoms with Gasteiger partial charge in [0.25, 0.3) is 0 Å². The normalized spacial score (nSPS) is 18.8. The van der Waals surface area contributed by atoms with E-state index in [1.54, 1.807) is 11.8 Å². The number of thioether (sulfide) groups is 1. The molecule has 1 amide bonds. The van der Waals surface area contributed by atoms with Crippen molar-refractivity contribution in [2.24, 2.45) is 0 Å². The first-order valence-corrected chi connectivity index (χ1v) is 9.95. The lowest BCUT2D eigenvalue weighted by molar-refractivity contribution is -0.116. The Morgan fingerprint density at radius 1 is 0.840 bits per heavy atom. The summed E-state index contributed by atoms with van der Waals surface area (Å²) in [6.45, 7) is 4.66. The van der Waals surface area contributed by atoms with Crippen LogP contribution >= 0.6 is 11.8 Å². The highest BCUT2D eigenvalue weighted by atomic mass is 32.2. The van der Waals surface area contributed by atoms with Crippen LogP contribution in [0.5, 0.6) is 0 Å². The smallest absolute Gasteiger partial charge is 0.238 e. The van der Waals surface area contributed by atoms with Crippen LogP contribution in [0.25, 0.3) is 0 Å². The van der Waals surface area contributed by atoms with Gasteiger partial charge >= 0.3 is 0 Å². The third-order valence-electron chi connectivity index (χ3n) is 4.90. The van der Waals surface area contributed by atoms with Crippen LogP contribution in [-0.2, 0) is 10.5 Å². The van der Waals surface area contributed by atoms with Gasteiger partial charge in [-0.25, -0.2) is 0 Å². The van der Waals surface area contributed by atoms with Gasteiger partial charge in [0.15, 0.2) is 0 Å². The van der Waals surface area contributed by atoms with Gasteiger partial charge in [0.05, 0.1) is 12.4 Å². The van der Waals surface area contributed by atoms with Gasteiger partial charge in [-0.2, -0.15) is 0 Å². The Bertz CT molecular complexity index is 729. The molecule has 0 aromatic heterocycles. The van der Waals surface area contributed by atoms with Gasteiger partial charge in [-0.15, -0.1) is 11.8 Å². The molecule has 1 fully saturated rings. The number of hydrogen-bond donors (Lipinski definition) is 0. The number of nitrogens with zero attached hydrogens (tertiary/aromatic N) is 3. The molecule has 0 N–H and O–H groups in total. The van der Waals surface area contributed by atoms with Crippen LogP contribution in [0.3, 0.4) is 0 Å². The van der Waals surface area contributed by atoms with Gasteiger partial charge in [0.2, 0.25) is 5.91 Å². The number of para-hydroxylation sites is 2. The number of piperazine rings is 1. The van der Waals surface area contributed by atoms with Crippen molar-refractivity contribution < 1.29 is 4.79 Å². The molecule has 2 heterocycles. The molecular formula is C20H23N3OS. The highest BCUT2D eigenvalue weighted by Crippen LogP contribution is 2.29. The van der Waals surface area contributed by atoms with E-state index in [1.165, 1.54) is 11.3 Å². The average Bonchev–Trinajstić information content (AvgIpc) is 2.82.